The summed E-state index contributed by atoms with van der Waals surface area (Å²) in [6, 6.07) is 2.97. The molecular formula is C13H13NO6S. The molecule has 0 bridgehead atoms. The van der Waals surface area contributed by atoms with Crippen molar-refractivity contribution in [3.8, 4) is 5.75 Å². The molecule has 2 aromatic rings. The van der Waals surface area contributed by atoms with Crippen LogP contribution in [-0.2, 0) is 6.61 Å². The zero-order chi connectivity index (χ0) is 15.7. The number of carboxylic acids is 1. The van der Waals surface area contributed by atoms with Gasteiger partial charge in [0.25, 0.3) is 5.69 Å². The number of rotatable bonds is 5. The van der Waals surface area contributed by atoms with Crippen LogP contribution in [-0.4, -0.2) is 27.2 Å². The molecule has 0 aliphatic heterocycles. The maximum absolute atomic E-state index is 11.3. The molecule has 1 aromatic carbocycles. The summed E-state index contributed by atoms with van der Waals surface area (Å²) >= 11 is 0.914. The number of thiophene rings is 1. The van der Waals surface area contributed by atoms with Gasteiger partial charge in [-0.25, -0.2) is 4.79 Å². The molecule has 0 amide bonds. The molecule has 112 valence electrons. The van der Waals surface area contributed by atoms with E-state index in [0.717, 1.165) is 11.3 Å². The number of ether oxygens (including phenoxy) is 1. The highest BCUT2D eigenvalue weighted by atomic mass is 32.1. The highest BCUT2D eigenvalue weighted by Gasteiger charge is 2.29. The van der Waals surface area contributed by atoms with Crippen LogP contribution in [0.5, 0.6) is 5.75 Å². The molecule has 0 aliphatic rings. The fourth-order valence-electron chi connectivity index (χ4n) is 2.02. The van der Waals surface area contributed by atoms with Crippen molar-refractivity contribution < 1.29 is 24.7 Å². The second-order valence-corrected chi connectivity index (χ2v) is 5.65. The van der Waals surface area contributed by atoms with Crippen molar-refractivity contribution in [1.82, 2.24) is 0 Å². The van der Waals surface area contributed by atoms with E-state index in [1.165, 1.54) is 6.07 Å². The van der Waals surface area contributed by atoms with E-state index < -0.39 is 17.5 Å². The van der Waals surface area contributed by atoms with Crippen LogP contribution in [0.15, 0.2) is 12.1 Å². The predicted octanol–water partition coefficient (Wildman–Crippen LogP) is 2.79. The molecule has 0 saturated heterocycles. The van der Waals surface area contributed by atoms with E-state index in [9.17, 15) is 25.1 Å². The van der Waals surface area contributed by atoms with Crippen molar-refractivity contribution >= 4 is 33.1 Å². The maximum atomic E-state index is 11.3. The molecule has 1 aromatic heterocycles. The molecule has 0 aliphatic carbocycles. The summed E-state index contributed by atoms with van der Waals surface area (Å²) in [6.07, 6.45) is -0.335. The highest BCUT2D eigenvalue weighted by molar-refractivity contribution is 7.21. The molecule has 2 rings (SSSR count). The first kappa shape index (κ1) is 15.2. The van der Waals surface area contributed by atoms with E-state index in [0.29, 0.717) is 4.70 Å². The summed E-state index contributed by atoms with van der Waals surface area (Å²) in [5, 5.41) is 29.9. The monoisotopic (exact) mass is 311 g/mol. The number of aromatic carboxylic acids is 1. The number of fused-ring (bicyclic) bond motifs is 1. The number of aliphatic hydroxyl groups excluding tert-OH is 1. The Morgan fingerprint density at radius 1 is 1.48 bits per heavy atom. The molecule has 2 N–H and O–H groups in total. The minimum Gasteiger partial charge on any atom is -0.488 e. The summed E-state index contributed by atoms with van der Waals surface area (Å²) < 4.78 is 5.93. The third kappa shape index (κ3) is 2.67. The average molecular weight is 311 g/mol. The van der Waals surface area contributed by atoms with Crippen LogP contribution in [0.2, 0.25) is 0 Å². The van der Waals surface area contributed by atoms with E-state index in [-0.39, 0.29) is 33.4 Å². The Balaban J connectivity index is 2.89. The predicted molar refractivity (Wildman–Crippen MR) is 77.1 cm³/mol. The molecule has 1 heterocycles. The Bertz CT molecular complexity index is 721. The van der Waals surface area contributed by atoms with Crippen molar-refractivity contribution in [3.63, 3.8) is 0 Å². The van der Waals surface area contributed by atoms with Gasteiger partial charge in [-0.3, -0.25) is 10.1 Å². The number of nitro groups is 1. The normalized spacial score (nSPS) is 11.0. The fourth-order valence-corrected chi connectivity index (χ4v) is 2.99. The molecule has 8 heteroatoms. The Labute approximate surface area is 123 Å². The lowest BCUT2D eigenvalue weighted by atomic mass is 10.1. The minimum atomic E-state index is -1.20. The molecule has 0 fully saturated rings. The standard InChI is InChI=1S/C13H13NO6S/c1-6(2)20-11-9-8(21-12(11)13(16)17)4-3-7(5-15)10(9)14(18)19/h3-4,6,15H,5H2,1-2H3,(H,16,17). The van der Waals surface area contributed by atoms with Gasteiger partial charge in [0, 0.05) is 4.70 Å². The summed E-state index contributed by atoms with van der Waals surface area (Å²) in [4.78, 5) is 21.9. The first-order chi connectivity index (χ1) is 9.86. The van der Waals surface area contributed by atoms with Gasteiger partial charge in [0.15, 0.2) is 10.6 Å². The molecule has 7 nitrogen and oxygen atoms in total. The number of aliphatic hydroxyl groups is 1. The van der Waals surface area contributed by atoms with Gasteiger partial charge in [-0.1, -0.05) is 0 Å². The zero-order valence-electron chi connectivity index (χ0n) is 11.3. The molecule has 0 saturated carbocycles. The van der Waals surface area contributed by atoms with Crippen molar-refractivity contribution in [3.05, 3.63) is 32.7 Å². The van der Waals surface area contributed by atoms with E-state index in [2.05, 4.69) is 0 Å². The summed E-state index contributed by atoms with van der Waals surface area (Å²) in [6.45, 7) is 2.90. The number of nitrogens with zero attached hydrogens (tertiary/aromatic N) is 1. The van der Waals surface area contributed by atoms with Crippen LogP contribution < -0.4 is 4.74 Å². The Morgan fingerprint density at radius 2 is 2.14 bits per heavy atom. The van der Waals surface area contributed by atoms with Crippen molar-refractivity contribution in [2.45, 2.75) is 26.6 Å². The number of carboxylic acid groups (broad SMARTS) is 1. The lowest BCUT2D eigenvalue weighted by Gasteiger charge is -2.10. The second kappa shape index (κ2) is 5.66. The largest absolute Gasteiger partial charge is 0.488 e. The number of carbonyl (C=O) groups is 1. The van der Waals surface area contributed by atoms with Crippen LogP contribution >= 0.6 is 11.3 Å². The van der Waals surface area contributed by atoms with E-state index in [1.807, 2.05) is 0 Å². The molecule has 0 atom stereocenters. The van der Waals surface area contributed by atoms with Crippen LogP contribution in [0.1, 0.15) is 29.1 Å². The van der Waals surface area contributed by atoms with E-state index >= 15 is 0 Å². The Morgan fingerprint density at radius 3 is 2.62 bits per heavy atom. The summed E-state index contributed by atoms with van der Waals surface area (Å²) in [5.41, 5.74) is -0.190. The number of hydrogen-bond donors (Lipinski definition) is 2. The van der Waals surface area contributed by atoms with Crippen LogP contribution in [0.3, 0.4) is 0 Å². The molecule has 0 spiro atoms. The van der Waals surface area contributed by atoms with Crippen molar-refractivity contribution in [2.75, 3.05) is 0 Å². The molecule has 0 unspecified atom stereocenters. The van der Waals surface area contributed by atoms with Crippen molar-refractivity contribution in [1.29, 1.82) is 0 Å². The quantitative estimate of drug-likeness (QED) is 0.649. The SMILES string of the molecule is CC(C)Oc1c(C(=O)O)sc2ccc(CO)c([N+](=O)[O-])c12. The molecule has 21 heavy (non-hydrogen) atoms. The van der Waals surface area contributed by atoms with Gasteiger partial charge in [-0.05, 0) is 26.0 Å². The number of benzene rings is 1. The van der Waals surface area contributed by atoms with Gasteiger partial charge in [0.05, 0.1) is 23.2 Å². The lowest BCUT2D eigenvalue weighted by molar-refractivity contribution is -0.384. The third-order valence-corrected chi connectivity index (χ3v) is 3.89. The topological polar surface area (TPSA) is 110 Å². The van der Waals surface area contributed by atoms with Gasteiger partial charge in [0.2, 0.25) is 0 Å². The number of hydrogen-bond acceptors (Lipinski definition) is 6. The smallest absolute Gasteiger partial charge is 0.349 e. The van der Waals surface area contributed by atoms with Gasteiger partial charge in [-0.15, -0.1) is 11.3 Å². The second-order valence-electron chi connectivity index (χ2n) is 4.59. The van der Waals surface area contributed by atoms with Crippen LogP contribution in [0.25, 0.3) is 10.1 Å². The van der Waals surface area contributed by atoms with Gasteiger partial charge >= 0.3 is 5.97 Å². The van der Waals surface area contributed by atoms with E-state index in [1.54, 1.807) is 19.9 Å². The first-order valence-corrected chi connectivity index (χ1v) is 6.92. The Kier molecular flexibility index (Phi) is 4.10. The first-order valence-electron chi connectivity index (χ1n) is 6.10. The van der Waals surface area contributed by atoms with Crippen LogP contribution in [0.4, 0.5) is 5.69 Å². The zero-order valence-corrected chi connectivity index (χ0v) is 12.1. The maximum Gasteiger partial charge on any atom is 0.349 e. The Hall–Kier alpha value is -2.19. The summed E-state index contributed by atoms with van der Waals surface area (Å²) in [5.74, 6) is -1.22. The van der Waals surface area contributed by atoms with E-state index in [4.69, 9.17) is 4.74 Å². The fraction of sp³-hybridized carbons (Fsp3) is 0.308. The lowest BCUT2D eigenvalue weighted by Crippen LogP contribution is -2.08. The number of nitro benzene ring substituents is 1. The highest BCUT2D eigenvalue weighted by Crippen LogP contribution is 2.44. The average Bonchev–Trinajstić information content (AvgIpc) is 2.75. The molecular weight excluding hydrogens is 298 g/mol. The molecule has 0 radical (unpaired) electrons. The van der Waals surface area contributed by atoms with Gasteiger partial charge in [-0.2, -0.15) is 0 Å². The van der Waals surface area contributed by atoms with Gasteiger partial charge < -0.3 is 14.9 Å². The summed E-state index contributed by atoms with van der Waals surface area (Å²) in [7, 11) is 0. The van der Waals surface area contributed by atoms with Gasteiger partial charge in [0.1, 0.15) is 5.39 Å². The third-order valence-electron chi connectivity index (χ3n) is 2.77. The van der Waals surface area contributed by atoms with Crippen LogP contribution in [0, 0.1) is 10.1 Å². The van der Waals surface area contributed by atoms with Crippen molar-refractivity contribution in [2.24, 2.45) is 0 Å². The minimum absolute atomic E-state index is 0.0144.